The standard InChI is InChI=1S/C23H20N2O5/c1-29-21-13-10-18(15-22(21)30-2)24-23(26)20(17-6-4-3-5-7-17)14-16-8-11-19(12-9-16)25(27)28/h3-15H,1-2H3,(H,24,26)/b20-14+. The van der Waals surface area contributed by atoms with Crippen LogP contribution in [0.25, 0.3) is 11.6 Å². The molecular formula is C23H20N2O5. The van der Waals surface area contributed by atoms with E-state index in [9.17, 15) is 14.9 Å². The fourth-order valence-electron chi connectivity index (χ4n) is 2.87. The summed E-state index contributed by atoms with van der Waals surface area (Å²) >= 11 is 0. The predicted octanol–water partition coefficient (Wildman–Crippen LogP) is 4.79. The Morgan fingerprint density at radius 2 is 1.60 bits per heavy atom. The molecule has 0 aliphatic heterocycles. The minimum atomic E-state index is -0.463. The molecule has 152 valence electrons. The van der Waals surface area contributed by atoms with Gasteiger partial charge in [0.2, 0.25) is 0 Å². The van der Waals surface area contributed by atoms with Gasteiger partial charge < -0.3 is 14.8 Å². The fraction of sp³-hybridized carbons (Fsp3) is 0.0870. The Morgan fingerprint density at radius 1 is 0.933 bits per heavy atom. The van der Waals surface area contributed by atoms with Crippen molar-refractivity contribution in [1.29, 1.82) is 0 Å². The molecule has 3 rings (SSSR count). The van der Waals surface area contributed by atoms with Gasteiger partial charge in [0.25, 0.3) is 11.6 Å². The van der Waals surface area contributed by atoms with E-state index in [2.05, 4.69) is 5.32 Å². The number of nitrogens with one attached hydrogen (secondary N) is 1. The summed E-state index contributed by atoms with van der Waals surface area (Å²) in [6.45, 7) is 0. The van der Waals surface area contributed by atoms with Crippen molar-refractivity contribution in [3.63, 3.8) is 0 Å². The summed E-state index contributed by atoms with van der Waals surface area (Å²) in [4.78, 5) is 23.5. The number of nitrogens with zero attached hydrogens (tertiary/aromatic N) is 1. The molecule has 3 aromatic carbocycles. The monoisotopic (exact) mass is 404 g/mol. The summed E-state index contributed by atoms with van der Waals surface area (Å²) in [6, 6.07) is 20.3. The van der Waals surface area contributed by atoms with Crippen molar-refractivity contribution < 1.29 is 19.2 Å². The van der Waals surface area contributed by atoms with Gasteiger partial charge in [0.05, 0.1) is 19.1 Å². The highest BCUT2D eigenvalue weighted by molar-refractivity contribution is 6.29. The molecule has 7 heteroatoms. The number of nitro benzene ring substituents is 1. The highest BCUT2D eigenvalue weighted by atomic mass is 16.6. The number of hydrogen-bond donors (Lipinski definition) is 1. The van der Waals surface area contributed by atoms with Crippen LogP contribution in [0.1, 0.15) is 11.1 Å². The van der Waals surface area contributed by atoms with Gasteiger partial charge in [-0.1, -0.05) is 30.3 Å². The van der Waals surface area contributed by atoms with Gasteiger partial charge in [0, 0.05) is 29.5 Å². The first kappa shape index (κ1) is 20.6. The molecule has 0 aromatic heterocycles. The van der Waals surface area contributed by atoms with Crippen molar-refractivity contribution >= 4 is 28.9 Å². The van der Waals surface area contributed by atoms with Crippen LogP contribution in [0.15, 0.2) is 72.8 Å². The number of methoxy groups -OCH3 is 2. The van der Waals surface area contributed by atoms with Gasteiger partial charge in [-0.15, -0.1) is 0 Å². The van der Waals surface area contributed by atoms with Crippen LogP contribution in [0.3, 0.4) is 0 Å². The van der Waals surface area contributed by atoms with Crippen molar-refractivity contribution in [3.8, 4) is 11.5 Å². The van der Waals surface area contributed by atoms with E-state index < -0.39 is 4.92 Å². The lowest BCUT2D eigenvalue weighted by Crippen LogP contribution is -2.13. The lowest BCUT2D eigenvalue weighted by atomic mass is 10.0. The highest BCUT2D eigenvalue weighted by Crippen LogP contribution is 2.30. The average Bonchev–Trinajstić information content (AvgIpc) is 2.78. The van der Waals surface area contributed by atoms with Crippen LogP contribution >= 0.6 is 0 Å². The van der Waals surface area contributed by atoms with Crippen LogP contribution in [0, 0.1) is 10.1 Å². The highest BCUT2D eigenvalue weighted by Gasteiger charge is 2.14. The summed E-state index contributed by atoms with van der Waals surface area (Å²) < 4.78 is 10.5. The van der Waals surface area contributed by atoms with Gasteiger partial charge in [-0.05, 0) is 41.5 Å². The van der Waals surface area contributed by atoms with Crippen molar-refractivity contribution in [2.75, 3.05) is 19.5 Å². The zero-order valence-corrected chi connectivity index (χ0v) is 16.5. The molecule has 0 atom stereocenters. The van der Waals surface area contributed by atoms with Gasteiger partial charge in [-0.3, -0.25) is 14.9 Å². The van der Waals surface area contributed by atoms with Gasteiger partial charge in [-0.25, -0.2) is 0 Å². The van der Waals surface area contributed by atoms with E-state index in [1.165, 1.54) is 26.4 Å². The average molecular weight is 404 g/mol. The third-order valence-electron chi connectivity index (χ3n) is 4.39. The van der Waals surface area contributed by atoms with Crippen molar-refractivity contribution in [3.05, 3.63) is 94.0 Å². The van der Waals surface area contributed by atoms with Gasteiger partial charge >= 0.3 is 0 Å². The lowest BCUT2D eigenvalue weighted by Gasteiger charge is -2.12. The number of ether oxygens (including phenoxy) is 2. The molecular weight excluding hydrogens is 384 g/mol. The van der Waals surface area contributed by atoms with Gasteiger partial charge in [-0.2, -0.15) is 0 Å². The molecule has 0 unspecified atom stereocenters. The second-order valence-electron chi connectivity index (χ2n) is 6.30. The van der Waals surface area contributed by atoms with Crippen LogP contribution in [0.4, 0.5) is 11.4 Å². The fourth-order valence-corrected chi connectivity index (χ4v) is 2.87. The topological polar surface area (TPSA) is 90.7 Å². The number of hydrogen-bond acceptors (Lipinski definition) is 5. The largest absolute Gasteiger partial charge is 0.493 e. The molecule has 30 heavy (non-hydrogen) atoms. The summed E-state index contributed by atoms with van der Waals surface area (Å²) in [6.07, 6.45) is 1.69. The number of carbonyl (C=O) groups is 1. The number of amides is 1. The van der Waals surface area contributed by atoms with E-state index in [-0.39, 0.29) is 11.6 Å². The SMILES string of the molecule is COc1ccc(NC(=O)/C(=C/c2ccc([N+](=O)[O-])cc2)c2ccccc2)cc1OC. The Balaban J connectivity index is 1.94. The second kappa shape index (κ2) is 9.38. The Labute approximate surface area is 173 Å². The van der Waals surface area contributed by atoms with Crippen molar-refractivity contribution in [2.45, 2.75) is 0 Å². The zero-order valence-electron chi connectivity index (χ0n) is 16.5. The summed E-state index contributed by atoms with van der Waals surface area (Å²) in [5, 5.41) is 13.7. The molecule has 0 bridgehead atoms. The predicted molar refractivity (Wildman–Crippen MR) is 116 cm³/mol. The quantitative estimate of drug-likeness (QED) is 0.265. The normalized spacial score (nSPS) is 10.9. The van der Waals surface area contributed by atoms with Gasteiger partial charge in [0.15, 0.2) is 11.5 Å². The van der Waals surface area contributed by atoms with E-state index in [1.807, 2.05) is 30.3 Å². The minimum Gasteiger partial charge on any atom is -0.493 e. The first-order valence-electron chi connectivity index (χ1n) is 9.07. The maximum Gasteiger partial charge on any atom is 0.269 e. The molecule has 1 N–H and O–H groups in total. The number of benzene rings is 3. The summed E-state index contributed by atoms with van der Waals surface area (Å²) in [5.41, 5.74) is 2.33. The van der Waals surface area contributed by atoms with Crippen LogP contribution in [-0.2, 0) is 4.79 Å². The van der Waals surface area contributed by atoms with Crippen LogP contribution in [0.5, 0.6) is 11.5 Å². The smallest absolute Gasteiger partial charge is 0.269 e. The number of carbonyl (C=O) groups excluding carboxylic acids is 1. The minimum absolute atomic E-state index is 0.0109. The van der Waals surface area contributed by atoms with E-state index in [0.717, 1.165) is 0 Å². The molecule has 0 saturated carbocycles. The number of anilines is 1. The molecule has 3 aromatic rings. The third kappa shape index (κ3) is 4.82. The van der Waals surface area contributed by atoms with E-state index in [4.69, 9.17) is 9.47 Å². The first-order valence-corrected chi connectivity index (χ1v) is 9.07. The molecule has 0 heterocycles. The van der Waals surface area contributed by atoms with Gasteiger partial charge in [0.1, 0.15) is 0 Å². The molecule has 0 aliphatic carbocycles. The number of rotatable bonds is 7. The molecule has 1 amide bonds. The van der Waals surface area contributed by atoms with Crippen LogP contribution in [-0.4, -0.2) is 25.1 Å². The number of non-ortho nitro benzene ring substituents is 1. The van der Waals surface area contributed by atoms with Crippen LogP contribution < -0.4 is 14.8 Å². The molecule has 0 aliphatic rings. The molecule has 7 nitrogen and oxygen atoms in total. The lowest BCUT2D eigenvalue weighted by molar-refractivity contribution is -0.384. The Hall–Kier alpha value is -4.13. The van der Waals surface area contributed by atoms with Crippen molar-refractivity contribution in [1.82, 2.24) is 0 Å². The van der Waals surface area contributed by atoms with E-state index in [1.54, 1.807) is 36.4 Å². The summed E-state index contributed by atoms with van der Waals surface area (Å²) in [7, 11) is 3.06. The first-order chi connectivity index (χ1) is 14.5. The maximum atomic E-state index is 13.1. The Kier molecular flexibility index (Phi) is 6.44. The number of nitro groups is 1. The van der Waals surface area contributed by atoms with Crippen LogP contribution in [0.2, 0.25) is 0 Å². The second-order valence-corrected chi connectivity index (χ2v) is 6.30. The molecule has 0 spiro atoms. The van der Waals surface area contributed by atoms with E-state index >= 15 is 0 Å². The van der Waals surface area contributed by atoms with E-state index in [0.29, 0.717) is 33.9 Å². The molecule has 0 fully saturated rings. The zero-order chi connectivity index (χ0) is 21.5. The molecule has 0 saturated heterocycles. The Morgan fingerprint density at radius 3 is 2.20 bits per heavy atom. The maximum absolute atomic E-state index is 13.1. The summed E-state index contributed by atoms with van der Waals surface area (Å²) in [5.74, 6) is 0.725. The Bertz CT molecular complexity index is 1080. The molecule has 0 radical (unpaired) electrons. The van der Waals surface area contributed by atoms with Crippen molar-refractivity contribution in [2.24, 2.45) is 0 Å². The third-order valence-corrected chi connectivity index (χ3v) is 4.39.